The molecule has 0 bridgehead atoms. The molecule has 23 heavy (non-hydrogen) atoms. The fraction of sp³-hybridized carbons (Fsp3) is 0.538. The van der Waals surface area contributed by atoms with E-state index in [0.29, 0.717) is 12.8 Å². The van der Waals surface area contributed by atoms with Crippen LogP contribution in [0.2, 0.25) is 0 Å². The molecule has 0 spiro atoms. The van der Waals surface area contributed by atoms with Gasteiger partial charge in [0.15, 0.2) is 11.6 Å². The van der Waals surface area contributed by atoms with E-state index in [1.165, 1.54) is 4.72 Å². The van der Waals surface area contributed by atoms with Crippen molar-refractivity contribution < 1.29 is 34.8 Å². The molecule has 1 N–H and O–H groups in total. The minimum atomic E-state index is -5.00. The Balaban J connectivity index is 2.36. The molecule has 1 unspecified atom stereocenters. The van der Waals surface area contributed by atoms with Crippen molar-refractivity contribution in [2.24, 2.45) is 5.92 Å². The molecule has 1 aromatic carbocycles. The minimum Gasteiger partial charge on any atom is -0.207 e. The van der Waals surface area contributed by atoms with Gasteiger partial charge in [0, 0.05) is 6.07 Å². The maximum absolute atomic E-state index is 13.5. The van der Waals surface area contributed by atoms with Gasteiger partial charge in [-0.3, -0.25) is 0 Å². The number of rotatable bonds is 4. The molecule has 0 saturated heterocycles. The second kappa shape index (κ2) is 6.31. The van der Waals surface area contributed by atoms with Gasteiger partial charge in [-0.2, -0.15) is 17.9 Å². The van der Waals surface area contributed by atoms with Crippen molar-refractivity contribution in [3.63, 3.8) is 0 Å². The summed E-state index contributed by atoms with van der Waals surface area (Å²) in [6, 6.07) is -2.40. The Morgan fingerprint density at radius 2 is 1.52 bits per heavy atom. The number of halogens is 6. The van der Waals surface area contributed by atoms with Crippen molar-refractivity contribution in [3.8, 4) is 0 Å². The first-order chi connectivity index (χ1) is 10.5. The van der Waals surface area contributed by atoms with Gasteiger partial charge in [-0.1, -0.05) is 12.8 Å². The number of hydrogen-bond donors (Lipinski definition) is 1. The highest BCUT2D eigenvalue weighted by Crippen LogP contribution is 2.36. The number of hydrogen-bond acceptors (Lipinski definition) is 2. The summed E-state index contributed by atoms with van der Waals surface area (Å²) >= 11 is 0. The minimum absolute atomic E-state index is 0.0229. The number of nitrogens with one attached hydrogen (secondary N) is 1. The van der Waals surface area contributed by atoms with Crippen LogP contribution in [0.1, 0.15) is 25.7 Å². The monoisotopic (exact) mass is 361 g/mol. The topological polar surface area (TPSA) is 46.2 Å². The molecule has 0 aliphatic heterocycles. The van der Waals surface area contributed by atoms with Crippen LogP contribution in [-0.4, -0.2) is 20.6 Å². The molecule has 1 aliphatic carbocycles. The Morgan fingerprint density at radius 3 is 2.04 bits per heavy atom. The fourth-order valence-electron chi connectivity index (χ4n) is 2.66. The molecule has 1 aromatic rings. The van der Waals surface area contributed by atoms with Crippen molar-refractivity contribution in [2.45, 2.75) is 42.8 Å². The zero-order valence-electron chi connectivity index (χ0n) is 11.6. The Hall–Kier alpha value is -1.29. The quantitative estimate of drug-likeness (QED) is 0.659. The molecular weight excluding hydrogens is 348 g/mol. The molecule has 1 fully saturated rings. The van der Waals surface area contributed by atoms with E-state index < -0.39 is 50.5 Å². The first-order valence-corrected chi connectivity index (χ1v) is 8.24. The average molecular weight is 361 g/mol. The van der Waals surface area contributed by atoms with Gasteiger partial charge in [-0.25, -0.2) is 21.6 Å². The lowest BCUT2D eigenvalue weighted by atomic mass is 9.99. The molecule has 3 nitrogen and oxygen atoms in total. The smallest absolute Gasteiger partial charge is 0.207 e. The largest absolute Gasteiger partial charge is 0.405 e. The highest BCUT2D eigenvalue weighted by molar-refractivity contribution is 7.89. The summed E-state index contributed by atoms with van der Waals surface area (Å²) in [6.45, 7) is 0. The van der Waals surface area contributed by atoms with Gasteiger partial charge in [0.25, 0.3) is 0 Å². The van der Waals surface area contributed by atoms with Crippen LogP contribution < -0.4 is 4.72 Å². The van der Waals surface area contributed by atoms with Crippen molar-refractivity contribution in [3.05, 3.63) is 29.6 Å². The summed E-state index contributed by atoms with van der Waals surface area (Å²) in [6.07, 6.45) is -3.48. The van der Waals surface area contributed by atoms with Crippen molar-refractivity contribution in [1.29, 1.82) is 0 Å². The summed E-state index contributed by atoms with van der Waals surface area (Å²) in [5.74, 6) is -5.94. The number of sulfonamides is 1. The molecule has 1 aliphatic rings. The first kappa shape index (κ1) is 18.1. The van der Waals surface area contributed by atoms with Crippen LogP contribution in [0.15, 0.2) is 17.0 Å². The molecule has 2 rings (SSSR count). The van der Waals surface area contributed by atoms with Crippen LogP contribution in [0, 0.1) is 23.4 Å². The van der Waals surface area contributed by atoms with Gasteiger partial charge >= 0.3 is 6.18 Å². The number of benzene rings is 1. The molecule has 130 valence electrons. The van der Waals surface area contributed by atoms with Gasteiger partial charge < -0.3 is 0 Å². The summed E-state index contributed by atoms with van der Waals surface area (Å²) in [4.78, 5) is -1.36. The second-order valence-corrected chi connectivity index (χ2v) is 7.06. The van der Waals surface area contributed by atoms with Gasteiger partial charge in [0.05, 0.1) is 0 Å². The van der Waals surface area contributed by atoms with E-state index in [0.717, 1.165) is 0 Å². The molecule has 0 aromatic heterocycles. The summed E-state index contributed by atoms with van der Waals surface area (Å²) in [7, 11) is -5.00. The predicted molar refractivity (Wildman–Crippen MR) is 68.4 cm³/mol. The van der Waals surface area contributed by atoms with E-state index in [1.54, 1.807) is 0 Å². The lowest BCUT2D eigenvalue weighted by molar-refractivity contribution is -0.162. The molecule has 0 heterocycles. The molecular formula is C13H13F6NO2S. The average Bonchev–Trinajstić information content (AvgIpc) is 2.92. The third-order valence-corrected chi connectivity index (χ3v) is 5.23. The first-order valence-electron chi connectivity index (χ1n) is 6.76. The van der Waals surface area contributed by atoms with E-state index in [1.807, 2.05) is 0 Å². The van der Waals surface area contributed by atoms with Crippen molar-refractivity contribution in [2.75, 3.05) is 0 Å². The van der Waals surface area contributed by atoms with E-state index in [4.69, 9.17) is 0 Å². The molecule has 10 heteroatoms. The fourth-order valence-corrected chi connectivity index (χ4v) is 4.02. The zero-order valence-corrected chi connectivity index (χ0v) is 12.4. The van der Waals surface area contributed by atoms with E-state index in [2.05, 4.69) is 0 Å². The Kier molecular flexibility index (Phi) is 4.95. The van der Waals surface area contributed by atoms with Crippen LogP contribution >= 0.6 is 0 Å². The Morgan fingerprint density at radius 1 is 1.00 bits per heavy atom. The van der Waals surface area contributed by atoms with Crippen LogP contribution in [0.5, 0.6) is 0 Å². The maximum Gasteiger partial charge on any atom is 0.405 e. The van der Waals surface area contributed by atoms with E-state index in [9.17, 15) is 34.8 Å². The molecule has 0 amide bonds. The summed E-state index contributed by atoms with van der Waals surface area (Å²) in [5, 5.41) is 0. The van der Waals surface area contributed by atoms with Gasteiger partial charge in [0.1, 0.15) is 16.8 Å². The zero-order chi connectivity index (χ0) is 17.4. The van der Waals surface area contributed by atoms with Crippen molar-refractivity contribution in [1.82, 2.24) is 4.72 Å². The van der Waals surface area contributed by atoms with Crippen LogP contribution in [0.25, 0.3) is 0 Å². The van der Waals surface area contributed by atoms with Crippen LogP contribution in [-0.2, 0) is 10.0 Å². The maximum atomic E-state index is 13.5. The SMILES string of the molecule is O=S(=O)(NC(C1CCCC1)C(F)(F)F)c1cc(F)c(F)cc1F. The van der Waals surface area contributed by atoms with E-state index >= 15 is 0 Å². The van der Waals surface area contributed by atoms with Crippen LogP contribution in [0.4, 0.5) is 26.3 Å². The lowest BCUT2D eigenvalue weighted by Crippen LogP contribution is -2.49. The second-order valence-electron chi connectivity index (χ2n) is 5.38. The molecule has 1 atom stereocenters. The van der Waals surface area contributed by atoms with Gasteiger partial charge in [0.2, 0.25) is 10.0 Å². The third kappa shape index (κ3) is 3.97. The highest BCUT2D eigenvalue weighted by atomic mass is 32.2. The number of alkyl halides is 3. The van der Waals surface area contributed by atoms with Gasteiger partial charge in [-0.15, -0.1) is 0 Å². The van der Waals surface area contributed by atoms with Crippen LogP contribution in [0.3, 0.4) is 0 Å². The van der Waals surface area contributed by atoms with E-state index in [-0.39, 0.29) is 25.0 Å². The van der Waals surface area contributed by atoms with Crippen molar-refractivity contribution >= 4 is 10.0 Å². The Bertz CT molecular complexity index is 682. The third-order valence-electron chi connectivity index (χ3n) is 3.77. The summed E-state index contributed by atoms with van der Waals surface area (Å²) < 4.78 is 104. The normalized spacial score (nSPS) is 18.3. The standard InChI is InChI=1S/C13H13F6NO2S/c14-8-5-10(16)11(6-9(8)15)23(21,22)20-12(13(17,18)19)7-3-1-2-4-7/h5-7,12,20H,1-4H2. The van der Waals surface area contributed by atoms with Gasteiger partial charge in [-0.05, 0) is 24.8 Å². The Labute approximate surface area is 128 Å². The predicted octanol–water partition coefficient (Wildman–Crippen LogP) is 3.50. The highest BCUT2D eigenvalue weighted by Gasteiger charge is 2.47. The molecule has 1 saturated carbocycles. The molecule has 0 radical (unpaired) electrons. The lowest BCUT2D eigenvalue weighted by Gasteiger charge is -2.26. The summed E-state index contributed by atoms with van der Waals surface area (Å²) in [5.41, 5.74) is 0.